The number of rotatable bonds is 10. The Morgan fingerprint density at radius 3 is 2.59 bits per heavy atom. The van der Waals surface area contributed by atoms with Crippen LogP contribution in [0, 0.1) is 5.92 Å². The van der Waals surface area contributed by atoms with Crippen molar-refractivity contribution in [1.29, 1.82) is 0 Å². The number of unbranched alkanes of at least 4 members (excludes halogenated alkanes) is 1. The summed E-state index contributed by atoms with van der Waals surface area (Å²) in [6.45, 7) is 6.92. The second kappa shape index (κ2) is 11.7. The molecule has 1 atom stereocenters. The van der Waals surface area contributed by atoms with E-state index in [1.54, 1.807) is 0 Å². The van der Waals surface area contributed by atoms with Gasteiger partial charge in [-0.2, -0.15) is 0 Å². The molecule has 0 aliphatic heterocycles. The Morgan fingerprint density at radius 2 is 1.91 bits per heavy atom. The van der Waals surface area contributed by atoms with Crippen molar-refractivity contribution in [2.24, 2.45) is 5.92 Å². The lowest BCUT2D eigenvalue weighted by Crippen LogP contribution is -2.25. The predicted molar refractivity (Wildman–Crippen MR) is 139 cm³/mol. The maximum absolute atomic E-state index is 13.2. The number of halogens is 1. The largest absolute Gasteiger partial charge is 0.494 e. The van der Waals surface area contributed by atoms with Gasteiger partial charge in [0.25, 0.3) is 5.56 Å². The molecular formula is C26H32INO4. The molecule has 1 aromatic carbocycles. The molecule has 0 fully saturated rings. The van der Waals surface area contributed by atoms with Gasteiger partial charge in [0.05, 0.1) is 24.6 Å². The molecule has 0 spiro atoms. The minimum absolute atomic E-state index is 0.0467. The number of carbonyl (C=O) groups excluding carboxylic acids is 1. The van der Waals surface area contributed by atoms with Crippen LogP contribution in [0.1, 0.15) is 58.1 Å². The summed E-state index contributed by atoms with van der Waals surface area (Å²) in [5, 5.41) is 0.993. The average molecular weight is 549 g/mol. The van der Waals surface area contributed by atoms with Gasteiger partial charge in [-0.3, -0.25) is 9.59 Å². The lowest BCUT2D eigenvalue weighted by molar-refractivity contribution is -0.147. The fourth-order valence-corrected chi connectivity index (χ4v) is 4.08. The number of nitrogens with zero attached hydrogens (tertiary/aromatic N) is 1. The van der Waals surface area contributed by atoms with E-state index in [0.717, 1.165) is 57.9 Å². The number of hydrogen-bond acceptors (Lipinski definition) is 4. The van der Waals surface area contributed by atoms with Crippen LogP contribution < -0.4 is 10.3 Å². The summed E-state index contributed by atoms with van der Waals surface area (Å²) in [7, 11) is 0. The summed E-state index contributed by atoms with van der Waals surface area (Å²) in [4.78, 5) is 24.9. The zero-order chi connectivity index (χ0) is 23.1. The van der Waals surface area contributed by atoms with Crippen LogP contribution in [0.4, 0.5) is 0 Å². The Labute approximate surface area is 203 Å². The van der Waals surface area contributed by atoms with Gasteiger partial charge < -0.3 is 14.0 Å². The van der Waals surface area contributed by atoms with Gasteiger partial charge in [0, 0.05) is 21.4 Å². The molecule has 0 N–H and O–H groups in total. The number of allylic oxidation sites excluding steroid dienone is 4. The van der Waals surface area contributed by atoms with E-state index in [0.29, 0.717) is 13.2 Å². The number of benzene rings is 1. The maximum atomic E-state index is 13.2. The first kappa shape index (κ1) is 24.6. The van der Waals surface area contributed by atoms with Gasteiger partial charge in [-0.1, -0.05) is 47.7 Å². The lowest BCUT2D eigenvalue weighted by atomic mass is 9.99. The summed E-state index contributed by atoms with van der Waals surface area (Å²) < 4.78 is 13.9. The molecule has 0 radical (unpaired) electrons. The average Bonchev–Trinajstić information content (AvgIpc) is 2.80. The standard InChI is InChI=1S/C26H32INO4/c1-18(2)28-24-12-11-22(31-13-7-8-14-32-26(30)19(3)17-27)15-21(24)16-23(25(28)29)20-9-5-4-6-10-20/h5,9-12,15-16,18-19H,4,6-8,13-14,17H2,1-3H3. The number of esters is 1. The Kier molecular flexibility index (Phi) is 8.96. The van der Waals surface area contributed by atoms with Crippen LogP contribution in [0.2, 0.25) is 0 Å². The second-order valence-electron chi connectivity index (χ2n) is 8.47. The third-order valence-corrected chi connectivity index (χ3v) is 6.84. The van der Waals surface area contributed by atoms with Gasteiger partial charge >= 0.3 is 5.97 Å². The zero-order valence-electron chi connectivity index (χ0n) is 19.1. The number of carbonyl (C=O) groups is 1. The fraction of sp³-hybridized carbons (Fsp3) is 0.462. The third kappa shape index (κ3) is 6.03. The fourth-order valence-electron chi connectivity index (χ4n) is 3.72. The van der Waals surface area contributed by atoms with Gasteiger partial charge in [-0.05, 0) is 69.4 Å². The van der Waals surface area contributed by atoms with Crippen molar-refractivity contribution in [3.8, 4) is 5.75 Å². The highest BCUT2D eigenvalue weighted by atomic mass is 127. The molecule has 6 heteroatoms. The van der Waals surface area contributed by atoms with Crippen molar-refractivity contribution in [3.63, 3.8) is 0 Å². The van der Waals surface area contributed by atoms with E-state index in [1.165, 1.54) is 0 Å². The van der Waals surface area contributed by atoms with Crippen molar-refractivity contribution < 1.29 is 14.3 Å². The summed E-state index contributed by atoms with van der Waals surface area (Å²) >= 11 is 2.19. The predicted octanol–water partition coefficient (Wildman–Crippen LogP) is 6.09. The van der Waals surface area contributed by atoms with Gasteiger partial charge in [0.15, 0.2) is 0 Å². The maximum Gasteiger partial charge on any atom is 0.309 e. The van der Waals surface area contributed by atoms with E-state index in [4.69, 9.17) is 9.47 Å². The topological polar surface area (TPSA) is 57.5 Å². The highest BCUT2D eigenvalue weighted by Crippen LogP contribution is 2.27. The molecule has 1 aromatic heterocycles. The van der Waals surface area contributed by atoms with Crippen molar-refractivity contribution in [3.05, 3.63) is 58.4 Å². The number of ether oxygens (including phenoxy) is 2. The van der Waals surface area contributed by atoms with Crippen LogP contribution in [-0.2, 0) is 9.53 Å². The normalized spacial score (nSPS) is 14.5. The van der Waals surface area contributed by atoms with E-state index in [2.05, 4.69) is 34.7 Å². The van der Waals surface area contributed by atoms with Crippen molar-refractivity contribution in [2.75, 3.05) is 17.6 Å². The number of pyridine rings is 1. The number of fused-ring (bicyclic) bond motifs is 1. The first-order valence-corrected chi connectivity index (χ1v) is 12.9. The molecule has 5 nitrogen and oxygen atoms in total. The van der Waals surface area contributed by atoms with Crippen LogP contribution in [0.5, 0.6) is 5.75 Å². The molecule has 2 aromatic rings. The van der Waals surface area contributed by atoms with Gasteiger partial charge in [-0.25, -0.2) is 0 Å². The molecule has 1 unspecified atom stereocenters. The highest BCUT2D eigenvalue weighted by Gasteiger charge is 2.15. The van der Waals surface area contributed by atoms with E-state index < -0.39 is 0 Å². The zero-order valence-corrected chi connectivity index (χ0v) is 21.3. The molecule has 172 valence electrons. The first-order valence-electron chi connectivity index (χ1n) is 11.3. The summed E-state index contributed by atoms with van der Waals surface area (Å²) in [5.41, 5.74) is 2.69. The van der Waals surface area contributed by atoms with E-state index in [9.17, 15) is 9.59 Å². The summed E-state index contributed by atoms with van der Waals surface area (Å²) in [6, 6.07) is 7.93. The Balaban J connectivity index is 1.70. The van der Waals surface area contributed by atoms with Crippen molar-refractivity contribution >= 4 is 45.0 Å². The molecule has 1 aliphatic carbocycles. The SMILES string of the molecule is CC(CI)C(=O)OCCCCOc1ccc2c(c1)cc(C1=CCCC=C1)c(=O)n2C(C)C. The van der Waals surface area contributed by atoms with Crippen molar-refractivity contribution in [1.82, 2.24) is 4.57 Å². The quantitative estimate of drug-likeness (QED) is 0.156. The number of aromatic nitrogens is 1. The van der Waals surface area contributed by atoms with Gasteiger partial charge in [0.1, 0.15) is 5.75 Å². The van der Waals surface area contributed by atoms with Crippen LogP contribution in [-0.4, -0.2) is 28.2 Å². The van der Waals surface area contributed by atoms with Gasteiger partial charge in [0.2, 0.25) is 0 Å². The molecule has 1 aliphatic rings. The molecule has 0 bridgehead atoms. The summed E-state index contributed by atoms with van der Waals surface area (Å²) in [6.07, 6.45) is 9.86. The van der Waals surface area contributed by atoms with Crippen LogP contribution in [0.15, 0.2) is 47.3 Å². The highest BCUT2D eigenvalue weighted by molar-refractivity contribution is 14.1. The Hall–Kier alpha value is -2.09. The minimum Gasteiger partial charge on any atom is -0.494 e. The minimum atomic E-state index is -0.134. The molecule has 1 heterocycles. The van der Waals surface area contributed by atoms with Crippen molar-refractivity contribution in [2.45, 2.75) is 52.5 Å². The van der Waals surface area contributed by atoms with E-state index in [1.807, 2.05) is 55.7 Å². The molecular weight excluding hydrogens is 517 g/mol. The molecule has 0 saturated carbocycles. The smallest absolute Gasteiger partial charge is 0.309 e. The van der Waals surface area contributed by atoms with E-state index >= 15 is 0 Å². The molecule has 32 heavy (non-hydrogen) atoms. The molecule has 0 saturated heterocycles. The van der Waals surface area contributed by atoms with Crippen LogP contribution in [0.3, 0.4) is 0 Å². The van der Waals surface area contributed by atoms with Crippen LogP contribution in [0.25, 0.3) is 16.5 Å². The molecule has 3 rings (SSSR count). The number of alkyl halides is 1. The Bertz CT molecular complexity index is 1070. The van der Waals surface area contributed by atoms with Gasteiger partial charge in [-0.15, -0.1) is 0 Å². The monoisotopic (exact) mass is 549 g/mol. The number of hydrogen-bond donors (Lipinski definition) is 0. The molecule has 0 amide bonds. The lowest BCUT2D eigenvalue weighted by Gasteiger charge is -2.18. The first-order chi connectivity index (χ1) is 15.4. The van der Waals surface area contributed by atoms with Crippen LogP contribution >= 0.6 is 22.6 Å². The summed E-state index contributed by atoms with van der Waals surface area (Å²) in [5.74, 6) is 0.586. The Morgan fingerprint density at radius 1 is 1.12 bits per heavy atom. The second-order valence-corrected chi connectivity index (χ2v) is 9.35. The van der Waals surface area contributed by atoms with E-state index in [-0.39, 0.29) is 23.5 Å². The third-order valence-electron chi connectivity index (χ3n) is 5.52.